The van der Waals surface area contributed by atoms with Gasteiger partial charge in [0.2, 0.25) is 0 Å². The van der Waals surface area contributed by atoms with Crippen LogP contribution in [0.5, 0.6) is 5.75 Å². The molecule has 3 heteroatoms. The second kappa shape index (κ2) is 5.21. The van der Waals surface area contributed by atoms with Gasteiger partial charge in [0.05, 0.1) is 0 Å². The van der Waals surface area contributed by atoms with E-state index in [2.05, 4.69) is 12.1 Å². The topological polar surface area (TPSA) is 59.1 Å². The molecule has 0 aliphatic heterocycles. The largest absolute Gasteiger partial charge is 0.483 e. The first-order valence-electron chi connectivity index (χ1n) is 6.33. The van der Waals surface area contributed by atoms with E-state index >= 15 is 0 Å². The van der Waals surface area contributed by atoms with Gasteiger partial charge in [-0.1, -0.05) is 13.0 Å². The van der Waals surface area contributed by atoms with Gasteiger partial charge >= 0.3 is 0 Å². The van der Waals surface area contributed by atoms with Crippen LogP contribution in [-0.4, -0.2) is 11.9 Å². The fourth-order valence-corrected chi connectivity index (χ4v) is 2.31. The van der Waals surface area contributed by atoms with E-state index in [0.717, 1.165) is 18.6 Å². The average Bonchev–Trinajstić information content (AvgIpc) is 2.35. The van der Waals surface area contributed by atoms with Crippen LogP contribution < -0.4 is 10.5 Å². The highest BCUT2D eigenvalue weighted by Crippen LogP contribution is 2.26. The lowest BCUT2D eigenvalue weighted by atomic mass is 9.92. The first kappa shape index (κ1) is 12.0. The third-order valence-corrected chi connectivity index (χ3v) is 3.32. The number of hydrogen-bond donors (Lipinski definition) is 2. The number of nitrogens with two attached hydrogens (primary N) is 1. The van der Waals surface area contributed by atoms with Crippen LogP contribution >= 0.6 is 0 Å². The Morgan fingerprint density at radius 1 is 1.35 bits per heavy atom. The summed E-state index contributed by atoms with van der Waals surface area (Å²) >= 11 is 0. The average molecular weight is 232 g/mol. The Labute approximate surface area is 102 Å². The van der Waals surface area contributed by atoms with E-state index in [1.165, 1.54) is 30.4 Å². The highest BCUT2D eigenvalue weighted by molar-refractivity contribution is 5.82. The lowest BCUT2D eigenvalue weighted by Gasteiger charge is -2.20. The molecule has 1 aliphatic rings. The quantitative estimate of drug-likeness (QED) is 0.619. The standard InChI is InChI=1S/C14H20N2O/c1-2-13(14(15)16)17-12-8-7-10-5-3-4-6-11(10)9-12/h7-9,13H,2-6H2,1H3,(H3,15,16). The van der Waals surface area contributed by atoms with Crippen LogP contribution in [0.3, 0.4) is 0 Å². The third-order valence-electron chi connectivity index (χ3n) is 3.32. The summed E-state index contributed by atoms with van der Waals surface area (Å²) in [5.41, 5.74) is 8.33. The van der Waals surface area contributed by atoms with Gasteiger partial charge in [-0.15, -0.1) is 0 Å². The van der Waals surface area contributed by atoms with Gasteiger partial charge < -0.3 is 10.5 Å². The molecule has 92 valence electrons. The number of fused-ring (bicyclic) bond motifs is 1. The molecule has 2 rings (SSSR count). The van der Waals surface area contributed by atoms with Crippen LogP contribution in [0.15, 0.2) is 18.2 Å². The van der Waals surface area contributed by atoms with E-state index in [9.17, 15) is 0 Å². The molecule has 3 nitrogen and oxygen atoms in total. The Bertz CT molecular complexity index is 415. The predicted octanol–water partition coefficient (Wildman–Crippen LogP) is 2.66. The Morgan fingerprint density at radius 3 is 2.71 bits per heavy atom. The van der Waals surface area contributed by atoms with Crippen LogP contribution in [-0.2, 0) is 12.8 Å². The van der Waals surface area contributed by atoms with Gasteiger partial charge in [-0.3, -0.25) is 5.41 Å². The molecular weight excluding hydrogens is 212 g/mol. The monoisotopic (exact) mass is 232 g/mol. The van der Waals surface area contributed by atoms with E-state index in [0.29, 0.717) is 0 Å². The zero-order valence-corrected chi connectivity index (χ0v) is 10.3. The van der Waals surface area contributed by atoms with Gasteiger partial charge in [0.25, 0.3) is 0 Å². The minimum atomic E-state index is -0.295. The number of ether oxygens (including phenoxy) is 1. The van der Waals surface area contributed by atoms with Crippen molar-refractivity contribution in [2.45, 2.75) is 45.1 Å². The molecule has 0 spiro atoms. The van der Waals surface area contributed by atoms with Gasteiger partial charge in [0.15, 0.2) is 6.10 Å². The molecule has 0 saturated carbocycles. The number of benzene rings is 1. The number of hydrogen-bond acceptors (Lipinski definition) is 2. The summed E-state index contributed by atoms with van der Waals surface area (Å²) in [6, 6.07) is 6.26. The first-order chi connectivity index (χ1) is 8.20. The molecule has 0 saturated heterocycles. The summed E-state index contributed by atoms with van der Waals surface area (Å²) in [4.78, 5) is 0. The molecule has 1 aromatic carbocycles. The molecule has 1 aromatic rings. The Balaban J connectivity index is 2.14. The normalized spacial score (nSPS) is 16.1. The van der Waals surface area contributed by atoms with Gasteiger partial charge in [-0.2, -0.15) is 0 Å². The maximum atomic E-state index is 7.44. The lowest BCUT2D eigenvalue weighted by molar-refractivity contribution is 0.260. The maximum absolute atomic E-state index is 7.44. The Morgan fingerprint density at radius 2 is 2.06 bits per heavy atom. The SMILES string of the molecule is CCC(Oc1ccc2c(c1)CCCC2)C(=N)N. The highest BCUT2D eigenvalue weighted by Gasteiger charge is 2.14. The van der Waals surface area contributed by atoms with E-state index in [1.54, 1.807) is 0 Å². The van der Waals surface area contributed by atoms with E-state index in [1.807, 2.05) is 13.0 Å². The fraction of sp³-hybridized carbons (Fsp3) is 0.500. The fourth-order valence-electron chi connectivity index (χ4n) is 2.31. The van der Waals surface area contributed by atoms with Crippen molar-refractivity contribution in [2.24, 2.45) is 5.73 Å². The minimum Gasteiger partial charge on any atom is -0.483 e. The molecule has 3 N–H and O–H groups in total. The van der Waals surface area contributed by atoms with Crippen molar-refractivity contribution in [3.05, 3.63) is 29.3 Å². The van der Waals surface area contributed by atoms with Crippen molar-refractivity contribution < 1.29 is 4.74 Å². The Kier molecular flexibility index (Phi) is 3.67. The van der Waals surface area contributed by atoms with Crippen molar-refractivity contribution in [2.75, 3.05) is 0 Å². The highest BCUT2D eigenvalue weighted by atomic mass is 16.5. The number of aryl methyl sites for hydroxylation is 2. The summed E-state index contributed by atoms with van der Waals surface area (Å²) in [6.45, 7) is 1.98. The van der Waals surface area contributed by atoms with Crippen LogP contribution in [0.2, 0.25) is 0 Å². The second-order valence-electron chi connectivity index (χ2n) is 4.61. The molecule has 0 aromatic heterocycles. The third kappa shape index (κ3) is 2.78. The molecular formula is C14H20N2O. The number of rotatable bonds is 4. The number of amidine groups is 1. The molecule has 0 bridgehead atoms. The molecule has 17 heavy (non-hydrogen) atoms. The Hall–Kier alpha value is -1.51. The zero-order valence-electron chi connectivity index (χ0n) is 10.3. The number of nitrogens with one attached hydrogen (secondary N) is 1. The summed E-state index contributed by atoms with van der Waals surface area (Å²) in [7, 11) is 0. The molecule has 1 atom stereocenters. The summed E-state index contributed by atoms with van der Waals surface area (Å²) < 4.78 is 5.74. The van der Waals surface area contributed by atoms with Gasteiger partial charge in [-0.25, -0.2) is 0 Å². The van der Waals surface area contributed by atoms with Crippen molar-refractivity contribution in [3.63, 3.8) is 0 Å². The van der Waals surface area contributed by atoms with Crippen LogP contribution in [0.1, 0.15) is 37.3 Å². The summed E-state index contributed by atoms with van der Waals surface area (Å²) in [6.07, 6.45) is 5.31. The molecule has 1 aliphatic carbocycles. The first-order valence-corrected chi connectivity index (χ1v) is 6.33. The maximum Gasteiger partial charge on any atom is 0.155 e. The van der Waals surface area contributed by atoms with E-state index < -0.39 is 0 Å². The van der Waals surface area contributed by atoms with E-state index in [4.69, 9.17) is 15.9 Å². The van der Waals surface area contributed by atoms with Gasteiger partial charge in [0, 0.05) is 0 Å². The smallest absolute Gasteiger partial charge is 0.155 e. The minimum absolute atomic E-state index is 0.102. The zero-order chi connectivity index (χ0) is 12.3. The summed E-state index contributed by atoms with van der Waals surface area (Å²) in [5, 5.41) is 7.44. The second-order valence-corrected chi connectivity index (χ2v) is 4.61. The molecule has 0 heterocycles. The van der Waals surface area contributed by atoms with Crippen LogP contribution in [0.25, 0.3) is 0 Å². The van der Waals surface area contributed by atoms with Gasteiger partial charge in [-0.05, 0) is 55.4 Å². The van der Waals surface area contributed by atoms with Gasteiger partial charge in [0.1, 0.15) is 11.6 Å². The predicted molar refractivity (Wildman–Crippen MR) is 69.7 cm³/mol. The van der Waals surface area contributed by atoms with Crippen molar-refractivity contribution in [3.8, 4) is 5.75 Å². The molecule has 0 fully saturated rings. The van der Waals surface area contributed by atoms with Crippen LogP contribution in [0, 0.1) is 5.41 Å². The summed E-state index contributed by atoms with van der Waals surface area (Å²) in [5.74, 6) is 0.943. The van der Waals surface area contributed by atoms with Crippen molar-refractivity contribution >= 4 is 5.84 Å². The molecule has 1 unspecified atom stereocenters. The van der Waals surface area contributed by atoms with Crippen LogP contribution in [0.4, 0.5) is 0 Å². The lowest BCUT2D eigenvalue weighted by Crippen LogP contribution is -2.32. The molecule has 0 radical (unpaired) electrons. The van der Waals surface area contributed by atoms with Crippen molar-refractivity contribution in [1.82, 2.24) is 0 Å². The van der Waals surface area contributed by atoms with E-state index in [-0.39, 0.29) is 11.9 Å². The van der Waals surface area contributed by atoms with Crippen molar-refractivity contribution in [1.29, 1.82) is 5.41 Å². The molecule has 0 amide bonds.